The lowest BCUT2D eigenvalue weighted by Crippen LogP contribution is -2.46. The van der Waals surface area contributed by atoms with Gasteiger partial charge in [0.25, 0.3) is 0 Å². The number of hydrogen-bond acceptors (Lipinski definition) is 3. The molecule has 5 nitrogen and oxygen atoms in total. The minimum absolute atomic E-state index is 0.00272. The summed E-state index contributed by atoms with van der Waals surface area (Å²) in [4.78, 5) is 14.0. The number of rotatable bonds is 3. The van der Waals surface area contributed by atoms with E-state index in [0.29, 0.717) is 12.5 Å². The van der Waals surface area contributed by atoms with E-state index in [4.69, 9.17) is 10.9 Å². The number of carbonyl (C=O) groups excluding carboxylic acids is 1. The highest BCUT2D eigenvalue weighted by atomic mass is 16.4. The zero-order valence-corrected chi connectivity index (χ0v) is 10.9. The van der Waals surface area contributed by atoms with E-state index in [9.17, 15) is 4.79 Å². The molecule has 1 fully saturated rings. The van der Waals surface area contributed by atoms with Crippen LogP contribution in [0.3, 0.4) is 0 Å². The van der Waals surface area contributed by atoms with E-state index in [1.165, 1.54) is 0 Å². The van der Waals surface area contributed by atoms with E-state index in [1.54, 1.807) is 0 Å². The smallest absolute Gasteiger partial charge is 0.225 e. The summed E-state index contributed by atoms with van der Waals surface area (Å²) in [6.45, 7) is 7.41. The van der Waals surface area contributed by atoms with Gasteiger partial charge in [0.2, 0.25) is 5.91 Å². The zero-order valence-electron chi connectivity index (χ0n) is 10.9. The van der Waals surface area contributed by atoms with Gasteiger partial charge in [-0.2, -0.15) is 0 Å². The summed E-state index contributed by atoms with van der Waals surface area (Å²) >= 11 is 0. The third-order valence-corrected chi connectivity index (χ3v) is 3.66. The lowest BCUT2D eigenvalue weighted by Gasteiger charge is -2.34. The molecule has 0 saturated carbocycles. The lowest BCUT2D eigenvalue weighted by molar-refractivity contribution is -0.137. The molecule has 0 spiro atoms. The lowest BCUT2D eigenvalue weighted by atomic mass is 9.92. The molecule has 98 valence electrons. The molecule has 1 aliphatic heterocycles. The number of hydrogen-bond donors (Lipinski definition) is 2. The Bertz CT molecular complexity index is 302. The van der Waals surface area contributed by atoms with Crippen LogP contribution in [0.15, 0.2) is 5.16 Å². The fourth-order valence-electron chi connectivity index (χ4n) is 2.07. The van der Waals surface area contributed by atoms with Gasteiger partial charge in [-0.25, -0.2) is 0 Å². The molecule has 0 bridgehead atoms. The molecule has 1 aliphatic rings. The van der Waals surface area contributed by atoms with Crippen LogP contribution in [0, 0.1) is 17.8 Å². The summed E-state index contributed by atoms with van der Waals surface area (Å²) in [7, 11) is 0. The van der Waals surface area contributed by atoms with Gasteiger partial charge in [-0.1, -0.05) is 25.9 Å². The molecular formula is C12H23N3O2. The Morgan fingerprint density at radius 2 is 2.12 bits per heavy atom. The van der Waals surface area contributed by atoms with Gasteiger partial charge in [0.05, 0.1) is 0 Å². The SMILES string of the molecule is CC(C)C(C)C(=O)N1CCCC(C(N)=NO)C1. The third-order valence-electron chi connectivity index (χ3n) is 3.66. The van der Waals surface area contributed by atoms with Gasteiger partial charge in [0, 0.05) is 24.9 Å². The fourth-order valence-corrected chi connectivity index (χ4v) is 2.07. The third kappa shape index (κ3) is 3.35. The van der Waals surface area contributed by atoms with Crippen LogP contribution in [0.1, 0.15) is 33.6 Å². The topological polar surface area (TPSA) is 78.9 Å². The largest absolute Gasteiger partial charge is 0.409 e. The fraction of sp³-hybridized carbons (Fsp3) is 0.833. The molecule has 1 amide bonds. The molecule has 2 atom stereocenters. The molecular weight excluding hydrogens is 218 g/mol. The average molecular weight is 241 g/mol. The normalized spacial score (nSPS) is 23.9. The zero-order chi connectivity index (χ0) is 13.0. The van der Waals surface area contributed by atoms with Crippen molar-refractivity contribution in [3.63, 3.8) is 0 Å². The number of amides is 1. The van der Waals surface area contributed by atoms with E-state index < -0.39 is 0 Å². The van der Waals surface area contributed by atoms with Crippen LogP contribution in [0.2, 0.25) is 0 Å². The molecule has 0 aromatic rings. The molecule has 0 radical (unpaired) electrons. The number of nitrogens with two attached hydrogens (primary N) is 1. The molecule has 0 aromatic heterocycles. The van der Waals surface area contributed by atoms with Crippen LogP contribution in [0.5, 0.6) is 0 Å². The number of amidine groups is 1. The van der Waals surface area contributed by atoms with Gasteiger partial charge in [-0.15, -0.1) is 0 Å². The molecule has 3 N–H and O–H groups in total. The Balaban J connectivity index is 2.64. The number of carbonyl (C=O) groups is 1. The summed E-state index contributed by atoms with van der Waals surface area (Å²) in [5.74, 6) is 0.778. The Morgan fingerprint density at radius 1 is 1.47 bits per heavy atom. The second-order valence-electron chi connectivity index (χ2n) is 5.18. The molecule has 1 rings (SSSR count). The average Bonchev–Trinajstić information content (AvgIpc) is 2.36. The molecule has 17 heavy (non-hydrogen) atoms. The van der Waals surface area contributed by atoms with Gasteiger partial charge in [0.1, 0.15) is 5.84 Å². The van der Waals surface area contributed by atoms with Crippen LogP contribution in [0.25, 0.3) is 0 Å². The standard InChI is InChI=1S/C12H23N3O2/c1-8(2)9(3)12(16)15-6-4-5-10(7-15)11(13)14-17/h8-10,17H,4-7H2,1-3H3,(H2,13,14). The molecule has 0 aliphatic carbocycles. The van der Waals surface area contributed by atoms with E-state index in [0.717, 1.165) is 19.4 Å². The number of likely N-dealkylation sites (tertiary alicyclic amines) is 1. The number of piperidine rings is 1. The Labute approximate surface area is 103 Å². The van der Waals surface area contributed by atoms with Gasteiger partial charge in [0.15, 0.2) is 0 Å². The summed E-state index contributed by atoms with van der Waals surface area (Å²) in [5, 5.41) is 11.7. The maximum Gasteiger partial charge on any atom is 0.225 e. The molecule has 1 saturated heterocycles. The Hall–Kier alpha value is -1.26. The van der Waals surface area contributed by atoms with Gasteiger partial charge < -0.3 is 15.8 Å². The van der Waals surface area contributed by atoms with Gasteiger partial charge >= 0.3 is 0 Å². The van der Waals surface area contributed by atoms with Crippen molar-refractivity contribution in [2.24, 2.45) is 28.6 Å². The molecule has 5 heteroatoms. The maximum atomic E-state index is 12.2. The van der Waals surface area contributed by atoms with Crippen LogP contribution < -0.4 is 5.73 Å². The second kappa shape index (κ2) is 5.89. The highest BCUT2D eigenvalue weighted by Gasteiger charge is 2.29. The Kier molecular flexibility index (Phi) is 4.78. The van der Waals surface area contributed by atoms with Crippen molar-refractivity contribution in [2.45, 2.75) is 33.6 Å². The summed E-state index contributed by atoms with van der Waals surface area (Å²) in [6.07, 6.45) is 1.80. The van der Waals surface area contributed by atoms with Crippen LogP contribution in [-0.4, -0.2) is 34.9 Å². The molecule has 1 heterocycles. The first-order valence-electron chi connectivity index (χ1n) is 6.23. The van der Waals surface area contributed by atoms with Crippen molar-refractivity contribution in [3.8, 4) is 0 Å². The van der Waals surface area contributed by atoms with Crippen molar-refractivity contribution < 1.29 is 10.0 Å². The second-order valence-corrected chi connectivity index (χ2v) is 5.18. The van der Waals surface area contributed by atoms with Crippen LogP contribution in [-0.2, 0) is 4.79 Å². The Morgan fingerprint density at radius 3 is 2.65 bits per heavy atom. The molecule has 2 unspecified atom stereocenters. The van der Waals surface area contributed by atoms with Crippen LogP contribution in [0.4, 0.5) is 0 Å². The van der Waals surface area contributed by atoms with E-state index in [2.05, 4.69) is 5.16 Å². The van der Waals surface area contributed by atoms with Gasteiger partial charge in [-0.3, -0.25) is 4.79 Å². The first kappa shape index (κ1) is 13.8. The summed E-state index contributed by atoms with van der Waals surface area (Å²) in [6, 6.07) is 0. The van der Waals surface area contributed by atoms with E-state index >= 15 is 0 Å². The first-order valence-corrected chi connectivity index (χ1v) is 6.23. The number of nitrogens with zero attached hydrogens (tertiary/aromatic N) is 2. The minimum atomic E-state index is -0.00272. The maximum absolute atomic E-state index is 12.2. The highest BCUT2D eigenvalue weighted by Crippen LogP contribution is 2.21. The van der Waals surface area contributed by atoms with Crippen molar-refractivity contribution in [1.29, 1.82) is 0 Å². The van der Waals surface area contributed by atoms with Crippen LogP contribution >= 0.6 is 0 Å². The van der Waals surface area contributed by atoms with Crippen molar-refractivity contribution >= 4 is 11.7 Å². The first-order chi connectivity index (χ1) is 7.97. The van der Waals surface area contributed by atoms with Crippen molar-refractivity contribution in [2.75, 3.05) is 13.1 Å². The van der Waals surface area contributed by atoms with Gasteiger partial charge in [-0.05, 0) is 18.8 Å². The quantitative estimate of drug-likeness (QED) is 0.338. The predicted octanol–water partition coefficient (Wildman–Crippen LogP) is 1.26. The van der Waals surface area contributed by atoms with E-state index in [1.807, 2.05) is 25.7 Å². The summed E-state index contributed by atoms with van der Waals surface area (Å²) < 4.78 is 0. The molecule has 0 aromatic carbocycles. The highest BCUT2D eigenvalue weighted by molar-refractivity contribution is 5.84. The predicted molar refractivity (Wildman–Crippen MR) is 66.7 cm³/mol. The minimum Gasteiger partial charge on any atom is -0.409 e. The van der Waals surface area contributed by atoms with Crippen molar-refractivity contribution in [1.82, 2.24) is 4.90 Å². The van der Waals surface area contributed by atoms with Crippen molar-refractivity contribution in [3.05, 3.63) is 0 Å². The summed E-state index contributed by atoms with van der Waals surface area (Å²) in [5.41, 5.74) is 5.61. The van der Waals surface area contributed by atoms with E-state index in [-0.39, 0.29) is 23.6 Å². The monoisotopic (exact) mass is 241 g/mol. The number of oxime groups is 1.